The number of fused-ring (bicyclic) bond motifs is 2. The maximum absolute atomic E-state index is 6.21. The van der Waals surface area contributed by atoms with Crippen LogP contribution < -0.4 is 0 Å². The van der Waals surface area contributed by atoms with Gasteiger partial charge in [0.15, 0.2) is 18.2 Å². The molecule has 5 aliphatic rings. The molecule has 0 aromatic carbocycles. The van der Waals surface area contributed by atoms with Crippen LogP contribution in [0.15, 0.2) is 0 Å². The molecule has 1 spiro atoms. The summed E-state index contributed by atoms with van der Waals surface area (Å²) in [4.78, 5) is 11.8. The minimum atomic E-state index is -0.698. The topological polar surface area (TPSA) is 46.2 Å². The summed E-state index contributed by atoms with van der Waals surface area (Å²) in [6, 6.07) is 0. The molecule has 5 nitrogen and oxygen atoms in total. The molecule has 21 heavy (non-hydrogen) atoms. The van der Waals surface area contributed by atoms with Gasteiger partial charge < -0.3 is 14.2 Å². The van der Waals surface area contributed by atoms with E-state index in [1.807, 2.05) is 6.92 Å². The Morgan fingerprint density at radius 3 is 2.62 bits per heavy atom. The molecule has 0 radical (unpaired) electrons. The molecule has 1 saturated carbocycles. The van der Waals surface area contributed by atoms with E-state index in [1.54, 1.807) is 7.11 Å². The van der Waals surface area contributed by atoms with Crippen molar-refractivity contribution in [1.82, 2.24) is 0 Å². The summed E-state index contributed by atoms with van der Waals surface area (Å²) < 4.78 is 17.9. The summed E-state index contributed by atoms with van der Waals surface area (Å²) in [5.74, 6) is 0.953. The quantitative estimate of drug-likeness (QED) is 0.697. The molecule has 4 heterocycles. The van der Waals surface area contributed by atoms with E-state index < -0.39 is 17.7 Å². The van der Waals surface area contributed by atoms with Crippen LogP contribution in [0.4, 0.5) is 0 Å². The van der Waals surface area contributed by atoms with Crippen LogP contribution in [0.1, 0.15) is 46.5 Å². The van der Waals surface area contributed by atoms with E-state index >= 15 is 0 Å². The normalized spacial score (nSPS) is 59.4. The van der Waals surface area contributed by atoms with Gasteiger partial charge >= 0.3 is 0 Å². The van der Waals surface area contributed by atoms with Crippen molar-refractivity contribution in [3.8, 4) is 0 Å². The van der Waals surface area contributed by atoms with E-state index in [9.17, 15) is 0 Å². The Balaban J connectivity index is 1.79. The van der Waals surface area contributed by atoms with Crippen molar-refractivity contribution in [2.24, 2.45) is 23.7 Å². The lowest BCUT2D eigenvalue weighted by Crippen LogP contribution is -2.70. The van der Waals surface area contributed by atoms with Gasteiger partial charge in [0.1, 0.15) is 0 Å². The first kappa shape index (κ1) is 14.4. The smallest absolute Gasteiger partial charge is 0.201 e. The van der Waals surface area contributed by atoms with Crippen molar-refractivity contribution >= 4 is 0 Å². The van der Waals surface area contributed by atoms with Crippen molar-refractivity contribution < 1.29 is 24.0 Å². The molecule has 5 rings (SSSR count). The highest BCUT2D eigenvalue weighted by atomic mass is 17.3. The largest absolute Gasteiger partial charge is 0.355 e. The highest BCUT2D eigenvalue weighted by Crippen LogP contribution is 2.60. The Hall–Kier alpha value is -0.200. The molecule has 0 aromatic rings. The van der Waals surface area contributed by atoms with E-state index in [-0.39, 0.29) is 12.2 Å². The van der Waals surface area contributed by atoms with Gasteiger partial charge in [-0.05, 0) is 38.0 Å². The van der Waals surface area contributed by atoms with E-state index in [1.165, 1.54) is 6.42 Å². The highest BCUT2D eigenvalue weighted by Gasteiger charge is 2.69. The van der Waals surface area contributed by atoms with Crippen LogP contribution >= 0.6 is 0 Å². The maximum Gasteiger partial charge on any atom is 0.201 e. The Morgan fingerprint density at radius 2 is 1.86 bits per heavy atom. The molecule has 0 aromatic heterocycles. The third-order valence-corrected chi connectivity index (χ3v) is 6.33. The van der Waals surface area contributed by atoms with Crippen molar-refractivity contribution in [3.05, 3.63) is 0 Å². The zero-order valence-corrected chi connectivity index (χ0v) is 13.3. The van der Waals surface area contributed by atoms with E-state index in [4.69, 9.17) is 24.0 Å². The fraction of sp³-hybridized carbons (Fsp3) is 1.00. The maximum atomic E-state index is 6.21. The fourth-order valence-electron chi connectivity index (χ4n) is 5.14. The van der Waals surface area contributed by atoms with Gasteiger partial charge in [0.2, 0.25) is 5.79 Å². The second kappa shape index (κ2) is 4.65. The van der Waals surface area contributed by atoms with Crippen LogP contribution in [0.5, 0.6) is 0 Å². The van der Waals surface area contributed by atoms with Crippen LogP contribution in [-0.2, 0) is 24.0 Å². The summed E-state index contributed by atoms with van der Waals surface area (Å²) in [6.07, 6.45) is 3.64. The Kier molecular flexibility index (Phi) is 3.19. The predicted octanol–water partition coefficient (Wildman–Crippen LogP) is 2.84. The molecule has 4 saturated heterocycles. The second-order valence-electron chi connectivity index (χ2n) is 7.51. The summed E-state index contributed by atoms with van der Waals surface area (Å²) in [6.45, 7) is 6.46. The molecule has 8 atom stereocenters. The first-order chi connectivity index (χ1) is 10.00. The Labute approximate surface area is 126 Å². The SMILES string of the molecule is CO[C@H]1O[C@@H]2OC3(C)CCC4[C@H](C)CCC([C@H]1C)[C@]42OO3. The van der Waals surface area contributed by atoms with Crippen LogP contribution in [0, 0.1) is 23.7 Å². The van der Waals surface area contributed by atoms with Gasteiger partial charge in [-0.15, -0.1) is 0 Å². The molecular formula is C16H26O5. The summed E-state index contributed by atoms with van der Waals surface area (Å²) >= 11 is 0. The van der Waals surface area contributed by atoms with Crippen molar-refractivity contribution in [3.63, 3.8) is 0 Å². The van der Waals surface area contributed by atoms with Crippen molar-refractivity contribution in [2.45, 2.75) is 70.4 Å². The average Bonchev–Trinajstić information content (AvgIpc) is 2.69. The molecule has 3 unspecified atom stereocenters. The monoisotopic (exact) mass is 298 g/mol. The predicted molar refractivity (Wildman–Crippen MR) is 73.8 cm³/mol. The Morgan fingerprint density at radius 1 is 1.05 bits per heavy atom. The minimum Gasteiger partial charge on any atom is -0.355 e. The first-order valence-corrected chi connectivity index (χ1v) is 8.23. The zero-order valence-electron chi connectivity index (χ0n) is 13.3. The fourth-order valence-corrected chi connectivity index (χ4v) is 5.14. The molecule has 5 fully saturated rings. The number of methoxy groups -OCH3 is 1. The summed E-state index contributed by atoms with van der Waals surface area (Å²) in [7, 11) is 1.70. The number of hydrogen-bond acceptors (Lipinski definition) is 5. The highest BCUT2D eigenvalue weighted by molar-refractivity contribution is 5.08. The molecule has 2 bridgehead atoms. The molecule has 4 aliphatic heterocycles. The van der Waals surface area contributed by atoms with Gasteiger partial charge in [0.05, 0.1) is 0 Å². The summed E-state index contributed by atoms with van der Waals surface area (Å²) in [5.41, 5.74) is -0.470. The molecule has 5 heteroatoms. The zero-order chi connectivity index (χ0) is 14.8. The van der Waals surface area contributed by atoms with Crippen LogP contribution in [-0.4, -0.2) is 31.1 Å². The van der Waals surface area contributed by atoms with Crippen LogP contribution in [0.3, 0.4) is 0 Å². The molecule has 1 aliphatic carbocycles. The van der Waals surface area contributed by atoms with Gasteiger partial charge in [0.25, 0.3) is 0 Å². The van der Waals surface area contributed by atoms with Gasteiger partial charge in [0, 0.05) is 25.4 Å². The van der Waals surface area contributed by atoms with Crippen molar-refractivity contribution in [1.29, 1.82) is 0 Å². The van der Waals surface area contributed by atoms with E-state index in [0.29, 0.717) is 17.8 Å². The molecule has 0 N–H and O–H groups in total. The van der Waals surface area contributed by atoms with E-state index in [0.717, 1.165) is 19.3 Å². The molecule has 120 valence electrons. The van der Waals surface area contributed by atoms with Gasteiger partial charge in [-0.3, -0.25) is 0 Å². The van der Waals surface area contributed by atoms with Crippen LogP contribution in [0.2, 0.25) is 0 Å². The Bertz CT molecular complexity index is 429. The number of hydrogen-bond donors (Lipinski definition) is 0. The average molecular weight is 298 g/mol. The molecular weight excluding hydrogens is 272 g/mol. The van der Waals surface area contributed by atoms with Crippen LogP contribution in [0.25, 0.3) is 0 Å². The number of ether oxygens (including phenoxy) is 3. The van der Waals surface area contributed by atoms with Crippen molar-refractivity contribution in [2.75, 3.05) is 7.11 Å². The third kappa shape index (κ3) is 1.81. The second-order valence-corrected chi connectivity index (χ2v) is 7.51. The summed E-state index contributed by atoms with van der Waals surface area (Å²) in [5, 5.41) is 0. The lowest BCUT2D eigenvalue weighted by Gasteiger charge is -2.60. The van der Waals surface area contributed by atoms with Gasteiger partial charge in [-0.25, -0.2) is 9.78 Å². The molecule has 0 amide bonds. The van der Waals surface area contributed by atoms with E-state index in [2.05, 4.69) is 13.8 Å². The third-order valence-electron chi connectivity index (χ3n) is 6.33. The lowest BCUT2D eigenvalue weighted by molar-refractivity contribution is -0.577. The first-order valence-electron chi connectivity index (χ1n) is 8.23. The lowest BCUT2D eigenvalue weighted by atomic mass is 9.58. The minimum absolute atomic E-state index is 0.230. The standard InChI is InChI=1S/C16H26O5/c1-9-5-6-12-10(2)13(17-4)18-14-16(12)11(9)7-8-15(3,19-14)20-21-16/h9-14H,5-8H2,1-4H3/t9-,10-,11?,12?,13+,14-,15?,16-/m1/s1. The van der Waals surface area contributed by atoms with Gasteiger partial charge in [-0.2, -0.15) is 0 Å². The van der Waals surface area contributed by atoms with Gasteiger partial charge in [-0.1, -0.05) is 13.8 Å². The number of rotatable bonds is 1.